The van der Waals surface area contributed by atoms with Gasteiger partial charge in [0.25, 0.3) is 0 Å². The smallest absolute Gasteiger partial charge is 0.147 e. The molecule has 0 aliphatic carbocycles. The predicted molar refractivity (Wildman–Crippen MR) is 85.0 cm³/mol. The van der Waals surface area contributed by atoms with E-state index in [1.165, 1.54) is 16.5 Å². The first-order valence-corrected chi connectivity index (χ1v) is 7.36. The number of hydrogen-bond donors (Lipinski definition) is 1. The molecule has 0 amide bonds. The van der Waals surface area contributed by atoms with Crippen LogP contribution in [0.3, 0.4) is 0 Å². The van der Waals surface area contributed by atoms with Crippen molar-refractivity contribution in [2.45, 2.75) is 32.4 Å². The summed E-state index contributed by atoms with van der Waals surface area (Å²) in [7, 11) is 0. The standard InChI is InChI=1S/C17H20N4/c1-2-15(18)11-14-6-3-5-13-7-10-21(17(13)14)12-16-19-8-4-9-20-16/h3-10,15H,2,11-12,18H2,1H3. The highest BCUT2D eigenvalue weighted by atomic mass is 15.0. The number of benzene rings is 1. The fourth-order valence-electron chi connectivity index (χ4n) is 2.63. The van der Waals surface area contributed by atoms with Gasteiger partial charge in [-0.2, -0.15) is 0 Å². The van der Waals surface area contributed by atoms with Crippen LogP contribution in [0.2, 0.25) is 0 Å². The van der Waals surface area contributed by atoms with Gasteiger partial charge in [0, 0.05) is 24.6 Å². The summed E-state index contributed by atoms with van der Waals surface area (Å²) in [4.78, 5) is 8.62. The molecule has 0 radical (unpaired) electrons. The SMILES string of the molecule is CCC(N)Cc1cccc2ccn(Cc3ncccn3)c12. The van der Waals surface area contributed by atoms with E-state index >= 15 is 0 Å². The highest BCUT2D eigenvalue weighted by Crippen LogP contribution is 2.22. The van der Waals surface area contributed by atoms with E-state index in [1.807, 2.05) is 6.07 Å². The molecule has 108 valence electrons. The highest BCUT2D eigenvalue weighted by Gasteiger charge is 2.10. The zero-order chi connectivity index (χ0) is 14.7. The minimum absolute atomic E-state index is 0.201. The van der Waals surface area contributed by atoms with Gasteiger partial charge in [0.15, 0.2) is 0 Å². The van der Waals surface area contributed by atoms with E-state index in [4.69, 9.17) is 5.73 Å². The van der Waals surface area contributed by atoms with Gasteiger partial charge in [-0.25, -0.2) is 9.97 Å². The normalized spacial score (nSPS) is 12.7. The summed E-state index contributed by atoms with van der Waals surface area (Å²) in [5.74, 6) is 0.824. The molecule has 2 N–H and O–H groups in total. The van der Waals surface area contributed by atoms with Crippen molar-refractivity contribution in [3.8, 4) is 0 Å². The minimum Gasteiger partial charge on any atom is -0.340 e. The van der Waals surface area contributed by atoms with Gasteiger partial charge in [-0.3, -0.25) is 0 Å². The lowest BCUT2D eigenvalue weighted by Crippen LogP contribution is -2.21. The van der Waals surface area contributed by atoms with Crippen LogP contribution < -0.4 is 5.73 Å². The van der Waals surface area contributed by atoms with Gasteiger partial charge in [0.1, 0.15) is 5.82 Å². The van der Waals surface area contributed by atoms with E-state index < -0.39 is 0 Å². The van der Waals surface area contributed by atoms with Gasteiger partial charge in [-0.1, -0.05) is 25.1 Å². The maximum absolute atomic E-state index is 6.13. The van der Waals surface area contributed by atoms with E-state index in [-0.39, 0.29) is 6.04 Å². The molecular weight excluding hydrogens is 260 g/mol. The Morgan fingerprint density at radius 2 is 1.95 bits per heavy atom. The first-order valence-electron chi connectivity index (χ1n) is 7.36. The molecule has 4 nitrogen and oxygen atoms in total. The average molecular weight is 280 g/mol. The molecule has 1 atom stereocenters. The Morgan fingerprint density at radius 1 is 1.14 bits per heavy atom. The Labute approximate surface area is 124 Å². The summed E-state index contributed by atoms with van der Waals surface area (Å²) in [5, 5.41) is 1.24. The lowest BCUT2D eigenvalue weighted by molar-refractivity contribution is 0.646. The zero-order valence-electron chi connectivity index (χ0n) is 12.2. The maximum Gasteiger partial charge on any atom is 0.147 e. The molecule has 2 heterocycles. The molecule has 4 heteroatoms. The molecule has 0 bridgehead atoms. The molecular formula is C17H20N4. The minimum atomic E-state index is 0.201. The molecule has 0 saturated heterocycles. The lowest BCUT2D eigenvalue weighted by Gasteiger charge is -2.12. The van der Waals surface area contributed by atoms with E-state index in [0.717, 1.165) is 18.7 Å². The first kappa shape index (κ1) is 13.8. The number of para-hydroxylation sites is 1. The molecule has 3 aromatic rings. The van der Waals surface area contributed by atoms with Gasteiger partial charge >= 0.3 is 0 Å². The Hall–Kier alpha value is -2.20. The van der Waals surface area contributed by atoms with Gasteiger partial charge in [0.05, 0.1) is 12.1 Å². The Bertz CT molecular complexity index is 718. The monoisotopic (exact) mass is 280 g/mol. The summed E-state index contributed by atoms with van der Waals surface area (Å²) < 4.78 is 2.21. The Morgan fingerprint density at radius 3 is 2.71 bits per heavy atom. The van der Waals surface area contributed by atoms with Crippen molar-refractivity contribution in [3.63, 3.8) is 0 Å². The van der Waals surface area contributed by atoms with Crippen LogP contribution >= 0.6 is 0 Å². The third kappa shape index (κ3) is 2.95. The Kier molecular flexibility index (Phi) is 3.97. The van der Waals surface area contributed by atoms with E-state index in [1.54, 1.807) is 12.4 Å². The summed E-state index contributed by atoms with van der Waals surface area (Å²) in [6, 6.07) is 10.6. The summed E-state index contributed by atoms with van der Waals surface area (Å²) in [5.41, 5.74) is 8.67. The van der Waals surface area contributed by atoms with E-state index in [2.05, 4.69) is 51.9 Å². The van der Waals surface area contributed by atoms with Crippen molar-refractivity contribution in [1.82, 2.24) is 14.5 Å². The van der Waals surface area contributed by atoms with Crippen LogP contribution in [-0.4, -0.2) is 20.6 Å². The number of hydrogen-bond acceptors (Lipinski definition) is 3. The van der Waals surface area contributed by atoms with Crippen molar-refractivity contribution >= 4 is 10.9 Å². The largest absolute Gasteiger partial charge is 0.340 e. The van der Waals surface area contributed by atoms with Crippen LogP contribution in [0.25, 0.3) is 10.9 Å². The maximum atomic E-state index is 6.13. The fraction of sp³-hybridized carbons (Fsp3) is 0.294. The zero-order valence-corrected chi connectivity index (χ0v) is 12.2. The number of aromatic nitrogens is 3. The topological polar surface area (TPSA) is 56.7 Å². The quantitative estimate of drug-likeness (QED) is 0.782. The molecule has 3 rings (SSSR count). The molecule has 21 heavy (non-hydrogen) atoms. The van der Waals surface area contributed by atoms with E-state index in [0.29, 0.717) is 6.54 Å². The van der Waals surface area contributed by atoms with Gasteiger partial charge in [0.2, 0.25) is 0 Å². The van der Waals surface area contributed by atoms with Gasteiger partial charge in [-0.15, -0.1) is 0 Å². The first-order chi connectivity index (χ1) is 10.3. The summed E-state index contributed by atoms with van der Waals surface area (Å²) >= 11 is 0. The van der Waals surface area contributed by atoms with Gasteiger partial charge < -0.3 is 10.3 Å². The third-order valence-corrected chi connectivity index (χ3v) is 3.81. The molecule has 0 fully saturated rings. The molecule has 0 saturated carbocycles. The molecule has 0 aliphatic rings. The van der Waals surface area contributed by atoms with Crippen LogP contribution in [0.1, 0.15) is 24.7 Å². The average Bonchev–Trinajstić information content (AvgIpc) is 2.92. The van der Waals surface area contributed by atoms with Gasteiger partial charge in [-0.05, 0) is 35.9 Å². The Balaban J connectivity index is 1.99. The van der Waals surface area contributed by atoms with Crippen LogP contribution in [0, 0.1) is 0 Å². The number of nitrogens with zero attached hydrogens (tertiary/aromatic N) is 3. The number of fused-ring (bicyclic) bond motifs is 1. The molecule has 1 aromatic carbocycles. The number of nitrogens with two attached hydrogens (primary N) is 1. The third-order valence-electron chi connectivity index (χ3n) is 3.81. The number of rotatable bonds is 5. The van der Waals surface area contributed by atoms with Crippen LogP contribution in [0.4, 0.5) is 0 Å². The van der Waals surface area contributed by atoms with E-state index in [9.17, 15) is 0 Å². The van der Waals surface area contributed by atoms with Crippen molar-refractivity contribution in [2.75, 3.05) is 0 Å². The van der Waals surface area contributed by atoms with Crippen LogP contribution in [0.5, 0.6) is 0 Å². The molecule has 0 spiro atoms. The molecule has 1 unspecified atom stereocenters. The highest BCUT2D eigenvalue weighted by molar-refractivity contribution is 5.83. The van der Waals surface area contributed by atoms with Crippen molar-refractivity contribution in [3.05, 3.63) is 60.3 Å². The second-order valence-corrected chi connectivity index (χ2v) is 5.34. The van der Waals surface area contributed by atoms with Crippen molar-refractivity contribution in [1.29, 1.82) is 0 Å². The van der Waals surface area contributed by atoms with Crippen LogP contribution in [-0.2, 0) is 13.0 Å². The molecule has 2 aromatic heterocycles. The lowest BCUT2D eigenvalue weighted by atomic mass is 10.0. The molecule has 0 aliphatic heterocycles. The summed E-state index contributed by atoms with van der Waals surface area (Å²) in [6.07, 6.45) is 7.54. The van der Waals surface area contributed by atoms with Crippen LogP contribution in [0.15, 0.2) is 48.9 Å². The second kappa shape index (κ2) is 6.06. The summed E-state index contributed by atoms with van der Waals surface area (Å²) in [6.45, 7) is 2.81. The predicted octanol–water partition coefficient (Wildman–Crippen LogP) is 2.76. The second-order valence-electron chi connectivity index (χ2n) is 5.34. The van der Waals surface area contributed by atoms with Crippen molar-refractivity contribution < 1.29 is 0 Å². The van der Waals surface area contributed by atoms with Crippen molar-refractivity contribution in [2.24, 2.45) is 5.73 Å². The fourth-order valence-corrected chi connectivity index (χ4v) is 2.63.